The van der Waals surface area contributed by atoms with Gasteiger partial charge in [0.25, 0.3) is 0 Å². The van der Waals surface area contributed by atoms with Gasteiger partial charge in [-0.15, -0.1) is 0 Å². The molecule has 0 heterocycles. The third-order valence-corrected chi connectivity index (χ3v) is 12.8. The first-order valence-electron chi connectivity index (χ1n) is 24.5. The molecule has 4 rings (SSSR count). The topological polar surface area (TPSA) is 151 Å². The lowest BCUT2D eigenvalue weighted by Gasteiger charge is -2.31. The van der Waals surface area contributed by atoms with Gasteiger partial charge in [0.1, 0.15) is 0 Å². The molecule has 0 amide bonds. The summed E-state index contributed by atoms with van der Waals surface area (Å²) in [7, 11) is 20.3. The van der Waals surface area contributed by atoms with Crippen molar-refractivity contribution in [2.75, 3.05) is 118 Å². The second kappa shape index (κ2) is 29.9. The summed E-state index contributed by atoms with van der Waals surface area (Å²) < 4.78 is 67.7. The Balaban J connectivity index is 1.27. The van der Waals surface area contributed by atoms with Crippen molar-refractivity contribution in [2.24, 2.45) is 0 Å². The van der Waals surface area contributed by atoms with E-state index in [4.69, 9.17) is 56.8 Å². The maximum atomic E-state index is 12.8. The van der Waals surface area contributed by atoms with Gasteiger partial charge in [-0.1, -0.05) is 20.3 Å². The highest BCUT2D eigenvalue weighted by Gasteiger charge is 2.26. The molecule has 0 fully saturated rings. The van der Waals surface area contributed by atoms with Crippen LogP contribution in [0.2, 0.25) is 0 Å². The van der Waals surface area contributed by atoms with E-state index < -0.39 is 11.9 Å². The number of ether oxygens (including phenoxy) is 12. The summed E-state index contributed by atoms with van der Waals surface area (Å²) in [6, 6.07) is 16.0. The summed E-state index contributed by atoms with van der Waals surface area (Å²) in [5.41, 5.74) is 6.59. The summed E-state index contributed by atoms with van der Waals surface area (Å²) in [5.74, 6) is 5.34. The average molecular weight is 1010 g/mol. The van der Waals surface area contributed by atoms with Gasteiger partial charge >= 0.3 is 11.9 Å². The summed E-state index contributed by atoms with van der Waals surface area (Å²) in [5, 5.41) is 0. The minimum Gasteiger partial charge on any atom is -0.493 e. The molecule has 16 heteroatoms. The van der Waals surface area contributed by atoms with Crippen LogP contribution in [0.15, 0.2) is 48.5 Å². The van der Waals surface area contributed by atoms with E-state index in [9.17, 15) is 9.59 Å². The molecule has 4 aromatic carbocycles. The number of methoxy groups -OCH3 is 10. The smallest absolute Gasteiger partial charge is 0.306 e. The third-order valence-electron chi connectivity index (χ3n) is 12.8. The zero-order chi connectivity index (χ0) is 52.7. The minimum atomic E-state index is -0.444. The molecule has 72 heavy (non-hydrogen) atoms. The number of carbonyl (C=O) groups is 2. The molecule has 0 bridgehead atoms. The van der Waals surface area contributed by atoms with Gasteiger partial charge in [-0.25, -0.2) is 0 Å². The number of carbonyl (C=O) groups excluding carboxylic acids is 2. The van der Waals surface area contributed by atoms with E-state index in [1.165, 1.54) is 0 Å². The Morgan fingerprint density at radius 2 is 0.875 bits per heavy atom. The molecule has 0 radical (unpaired) electrons. The molecular formula is C56H80N2O14. The van der Waals surface area contributed by atoms with Crippen molar-refractivity contribution in [1.29, 1.82) is 0 Å². The van der Waals surface area contributed by atoms with E-state index in [0.717, 1.165) is 65.6 Å². The summed E-state index contributed by atoms with van der Waals surface area (Å²) in [4.78, 5) is 29.9. The molecule has 0 saturated heterocycles. The second-order valence-electron chi connectivity index (χ2n) is 17.6. The van der Waals surface area contributed by atoms with Gasteiger partial charge in [0, 0.05) is 25.7 Å². The van der Waals surface area contributed by atoms with Crippen molar-refractivity contribution in [3.8, 4) is 57.5 Å². The number of nitrogens with zero attached hydrogens (tertiary/aromatic N) is 2. The first-order chi connectivity index (χ1) is 34.8. The van der Waals surface area contributed by atoms with Gasteiger partial charge in [0.2, 0.25) is 11.5 Å². The van der Waals surface area contributed by atoms with Crippen molar-refractivity contribution in [1.82, 2.24) is 9.80 Å². The van der Waals surface area contributed by atoms with Crippen LogP contribution in [0.5, 0.6) is 57.5 Å². The fourth-order valence-electron chi connectivity index (χ4n) is 8.99. The van der Waals surface area contributed by atoms with E-state index in [1.54, 1.807) is 71.1 Å². The standard InChI is InChI=1S/C56H80N2O14/c1-15-18-40-33-45(61-5)48(64-8)36-43(40)44(28-39-31-51(67-11)56(70-14)52(32-39)68-12)58(4)23-17-26-72-54(60)20-19-53(59)71-25-16-22-57(3)24-21-41-34-46(62-6)47(63-7)35-42(41)37(2)27-38-29-49(65-9)55(69-13)50(30-38)66-10/h29-37,44H,15-28H2,1-14H3/t37-,44+/m0/s1. The lowest BCUT2D eigenvalue weighted by atomic mass is 9.88. The minimum absolute atomic E-state index is 0.0543. The molecule has 0 N–H and O–H groups in total. The molecular weight excluding hydrogens is 925 g/mol. The largest absolute Gasteiger partial charge is 0.493 e. The lowest BCUT2D eigenvalue weighted by Crippen LogP contribution is -2.29. The maximum Gasteiger partial charge on any atom is 0.306 e. The van der Waals surface area contributed by atoms with Crippen LogP contribution in [0, 0.1) is 0 Å². The van der Waals surface area contributed by atoms with E-state index in [0.29, 0.717) is 89.8 Å². The Morgan fingerprint density at radius 1 is 0.472 bits per heavy atom. The van der Waals surface area contributed by atoms with Gasteiger partial charge in [-0.05, 0) is 140 Å². The van der Waals surface area contributed by atoms with Crippen LogP contribution in [0.3, 0.4) is 0 Å². The average Bonchev–Trinajstić information content (AvgIpc) is 3.40. The Labute approximate surface area is 427 Å². The highest BCUT2D eigenvalue weighted by molar-refractivity contribution is 5.77. The highest BCUT2D eigenvalue weighted by atomic mass is 16.6. The SMILES string of the molecule is CCCc1cc(OC)c(OC)cc1[C@@H](Cc1cc(OC)c(OC)c(OC)c1)N(C)CCCOC(=O)CCC(=O)OCCCN(C)CCc1cc(OC)c(OC)cc1[C@@H](C)Cc1cc(OC)c(OC)c(OC)c1. The summed E-state index contributed by atoms with van der Waals surface area (Å²) >= 11 is 0. The number of hydrogen-bond acceptors (Lipinski definition) is 16. The van der Waals surface area contributed by atoms with Gasteiger partial charge in [0.15, 0.2) is 46.0 Å². The zero-order valence-corrected chi connectivity index (χ0v) is 45.3. The predicted molar refractivity (Wildman–Crippen MR) is 278 cm³/mol. The molecule has 0 aromatic heterocycles. The maximum absolute atomic E-state index is 12.8. The van der Waals surface area contributed by atoms with Crippen molar-refractivity contribution in [2.45, 2.75) is 83.6 Å². The van der Waals surface area contributed by atoms with Crippen molar-refractivity contribution in [3.63, 3.8) is 0 Å². The van der Waals surface area contributed by atoms with E-state index in [2.05, 4.69) is 55.0 Å². The van der Waals surface area contributed by atoms with Crippen LogP contribution in [0.25, 0.3) is 0 Å². The molecule has 0 saturated carbocycles. The fourth-order valence-corrected chi connectivity index (χ4v) is 8.99. The molecule has 0 spiro atoms. The molecule has 0 aliphatic carbocycles. The van der Waals surface area contributed by atoms with Gasteiger partial charge in [-0.3, -0.25) is 14.5 Å². The monoisotopic (exact) mass is 1000 g/mol. The quantitative estimate of drug-likeness (QED) is 0.0329. The number of rotatable bonds is 33. The number of aryl methyl sites for hydroxylation is 1. The fraction of sp³-hybridized carbons (Fsp3) is 0.536. The van der Waals surface area contributed by atoms with Crippen molar-refractivity contribution in [3.05, 3.63) is 81.9 Å². The molecule has 398 valence electrons. The van der Waals surface area contributed by atoms with Crippen LogP contribution >= 0.6 is 0 Å². The molecule has 0 unspecified atom stereocenters. The number of benzene rings is 4. The molecule has 16 nitrogen and oxygen atoms in total. The first-order valence-corrected chi connectivity index (χ1v) is 24.5. The van der Waals surface area contributed by atoms with E-state index in [1.807, 2.05) is 31.3 Å². The molecule has 4 aromatic rings. The van der Waals surface area contributed by atoms with E-state index >= 15 is 0 Å². The van der Waals surface area contributed by atoms with Crippen molar-refractivity contribution < 1.29 is 66.4 Å². The van der Waals surface area contributed by atoms with E-state index in [-0.39, 0.29) is 38.0 Å². The van der Waals surface area contributed by atoms with Crippen LogP contribution in [-0.2, 0) is 44.7 Å². The van der Waals surface area contributed by atoms with Crippen LogP contribution in [-0.4, -0.2) is 140 Å². The van der Waals surface area contributed by atoms with Gasteiger partial charge in [-0.2, -0.15) is 0 Å². The normalized spacial score (nSPS) is 11.9. The Bertz CT molecular complexity index is 2290. The number of esters is 2. The Morgan fingerprint density at radius 3 is 1.31 bits per heavy atom. The third kappa shape index (κ3) is 16.1. The van der Waals surface area contributed by atoms with Crippen LogP contribution in [0.4, 0.5) is 0 Å². The molecule has 0 aliphatic rings. The van der Waals surface area contributed by atoms with Gasteiger partial charge in [0.05, 0.1) is 97.2 Å². The molecule has 2 atom stereocenters. The van der Waals surface area contributed by atoms with Gasteiger partial charge < -0.3 is 61.7 Å². The number of likely N-dealkylation sites (N-methyl/N-ethyl adjacent to an activating group) is 2. The molecule has 0 aliphatic heterocycles. The Hall–Kier alpha value is -6.26. The summed E-state index contributed by atoms with van der Waals surface area (Å²) in [6.45, 7) is 6.87. The van der Waals surface area contributed by atoms with Crippen LogP contribution < -0.4 is 47.4 Å². The lowest BCUT2D eigenvalue weighted by molar-refractivity contribution is -0.150. The highest BCUT2D eigenvalue weighted by Crippen LogP contribution is 2.43. The predicted octanol–water partition coefficient (Wildman–Crippen LogP) is 9.11. The zero-order valence-electron chi connectivity index (χ0n) is 45.3. The summed E-state index contributed by atoms with van der Waals surface area (Å²) in [6.07, 6.45) is 4.97. The Kier molecular flexibility index (Phi) is 24.2. The first kappa shape index (κ1) is 58.3. The van der Waals surface area contributed by atoms with Crippen molar-refractivity contribution >= 4 is 11.9 Å². The second-order valence-corrected chi connectivity index (χ2v) is 17.6. The van der Waals surface area contributed by atoms with Crippen LogP contribution in [0.1, 0.15) is 91.3 Å². The number of hydrogen-bond donors (Lipinski definition) is 0.